The smallest absolute Gasteiger partial charge is 0.421 e. The Morgan fingerprint density at radius 1 is 1.21 bits per heavy atom. The lowest BCUT2D eigenvalue weighted by molar-refractivity contribution is -0.139. The quantitative estimate of drug-likeness (QED) is 0.271. The van der Waals surface area contributed by atoms with Crippen LogP contribution in [0.15, 0.2) is 36.5 Å². The number of imidazole rings is 1. The Bertz CT molecular complexity index is 1670. The summed E-state index contributed by atoms with van der Waals surface area (Å²) in [6.45, 7) is 1.64. The highest BCUT2D eigenvalue weighted by molar-refractivity contribution is 6.30. The Kier molecular flexibility index (Phi) is 7.50. The molecule has 1 N–H and O–H groups in total. The maximum absolute atomic E-state index is 14.2. The van der Waals surface area contributed by atoms with Crippen LogP contribution in [0, 0.1) is 5.82 Å². The molecule has 0 spiro atoms. The second kappa shape index (κ2) is 11.1. The van der Waals surface area contributed by atoms with Crippen LogP contribution in [0.5, 0.6) is 5.88 Å². The average molecular weight is 606 g/mol. The van der Waals surface area contributed by atoms with Crippen molar-refractivity contribution in [2.24, 2.45) is 0 Å². The van der Waals surface area contributed by atoms with Gasteiger partial charge in [-0.2, -0.15) is 13.2 Å². The van der Waals surface area contributed by atoms with E-state index in [1.807, 2.05) is 9.47 Å². The average Bonchev–Trinajstić information content (AvgIpc) is 3.24. The Labute approximate surface area is 241 Å². The standard InChI is InChI=1S/C28H24ClF4N5O4/c29-18-2-1-16(21(30)9-18)14-42-26-20(28(31,32)33)7-15-3-5-37(12-22(15)35-26)13-24-36-25-23(8-17(10-34-25)27(39)40)38(24)11-19-4-6-41-19/h1-2,7-10,19H,3-6,11-14H2,(H,39,40)/t19-/m0/s1. The van der Waals surface area contributed by atoms with Gasteiger partial charge in [0.15, 0.2) is 5.65 Å². The minimum Gasteiger partial charge on any atom is -0.478 e. The zero-order valence-electron chi connectivity index (χ0n) is 22.0. The summed E-state index contributed by atoms with van der Waals surface area (Å²) in [7, 11) is 0. The van der Waals surface area contributed by atoms with Crippen LogP contribution in [-0.4, -0.2) is 54.8 Å². The summed E-state index contributed by atoms with van der Waals surface area (Å²) in [4.78, 5) is 26.6. The zero-order valence-corrected chi connectivity index (χ0v) is 22.8. The van der Waals surface area contributed by atoms with Gasteiger partial charge in [-0.3, -0.25) is 4.90 Å². The van der Waals surface area contributed by atoms with Crippen LogP contribution in [0.3, 0.4) is 0 Å². The number of halogens is 5. The van der Waals surface area contributed by atoms with Gasteiger partial charge in [0.2, 0.25) is 5.88 Å². The number of aromatic nitrogens is 4. The van der Waals surface area contributed by atoms with Crippen LogP contribution in [-0.2, 0) is 43.6 Å². The molecular weight excluding hydrogens is 582 g/mol. The van der Waals surface area contributed by atoms with Crippen molar-refractivity contribution < 1.29 is 36.9 Å². The summed E-state index contributed by atoms with van der Waals surface area (Å²) < 4.78 is 68.9. The number of carboxylic acids is 1. The lowest BCUT2D eigenvalue weighted by Gasteiger charge is -2.30. The minimum absolute atomic E-state index is 0.0345. The number of rotatable bonds is 8. The van der Waals surface area contributed by atoms with Crippen molar-refractivity contribution in [3.8, 4) is 5.88 Å². The number of aromatic carboxylic acids is 1. The summed E-state index contributed by atoms with van der Waals surface area (Å²) in [5, 5.41) is 9.60. The Morgan fingerprint density at radius 2 is 2.02 bits per heavy atom. The molecule has 6 rings (SSSR count). The van der Waals surface area contributed by atoms with Crippen molar-refractivity contribution in [2.75, 3.05) is 13.2 Å². The number of benzene rings is 1. The van der Waals surface area contributed by atoms with Gasteiger partial charge in [0.25, 0.3) is 0 Å². The van der Waals surface area contributed by atoms with Gasteiger partial charge in [0, 0.05) is 36.5 Å². The number of carboxylic acid groups (broad SMARTS) is 1. The third-order valence-electron chi connectivity index (χ3n) is 7.39. The minimum atomic E-state index is -4.72. The van der Waals surface area contributed by atoms with Crippen molar-refractivity contribution in [3.63, 3.8) is 0 Å². The van der Waals surface area contributed by atoms with Gasteiger partial charge in [-0.25, -0.2) is 24.1 Å². The molecule has 2 aliphatic rings. The second-order valence-electron chi connectivity index (χ2n) is 10.2. The largest absolute Gasteiger partial charge is 0.478 e. The first-order valence-electron chi connectivity index (χ1n) is 13.1. The number of nitrogens with zero attached hydrogens (tertiary/aromatic N) is 5. The molecular formula is C28H24ClF4N5O4. The Balaban J connectivity index is 1.27. The maximum atomic E-state index is 14.2. The molecule has 0 bridgehead atoms. The lowest BCUT2D eigenvalue weighted by atomic mass is 10.0. The van der Waals surface area contributed by atoms with E-state index in [2.05, 4.69) is 15.0 Å². The second-order valence-corrected chi connectivity index (χ2v) is 10.7. The van der Waals surface area contributed by atoms with Crippen molar-refractivity contribution in [3.05, 3.63) is 81.1 Å². The summed E-state index contributed by atoms with van der Waals surface area (Å²) in [6.07, 6.45) is -2.34. The summed E-state index contributed by atoms with van der Waals surface area (Å²) in [6, 6.07) is 6.41. The van der Waals surface area contributed by atoms with E-state index in [9.17, 15) is 27.5 Å². The molecule has 1 fully saturated rings. The molecule has 1 aromatic carbocycles. The van der Waals surface area contributed by atoms with Crippen LogP contribution in [0.25, 0.3) is 11.2 Å². The summed E-state index contributed by atoms with van der Waals surface area (Å²) in [5.74, 6) is -1.80. The molecule has 42 heavy (non-hydrogen) atoms. The van der Waals surface area contributed by atoms with Crippen molar-refractivity contribution >= 4 is 28.7 Å². The molecule has 2 aliphatic heterocycles. The lowest BCUT2D eigenvalue weighted by Crippen LogP contribution is -2.34. The number of pyridine rings is 2. The molecule has 0 unspecified atom stereocenters. The summed E-state index contributed by atoms with van der Waals surface area (Å²) in [5.41, 5.74) is 0.882. The van der Waals surface area contributed by atoms with E-state index in [0.717, 1.165) is 18.6 Å². The SMILES string of the molecule is O=C(O)c1cnc2nc(CN3CCc4cc(C(F)(F)F)c(OCc5ccc(Cl)cc5F)nc4C3)n(C[C@@H]3CCO3)c2c1. The van der Waals surface area contributed by atoms with Gasteiger partial charge >= 0.3 is 12.1 Å². The monoisotopic (exact) mass is 605 g/mol. The highest BCUT2D eigenvalue weighted by Gasteiger charge is 2.37. The van der Waals surface area contributed by atoms with E-state index in [1.165, 1.54) is 24.4 Å². The van der Waals surface area contributed by atoms with Gasteiger partial charge in [-0.1, -0.05) is 17.7 Å². The molecule has 3 aromatic heterocycles. The number of hydrogen-bond donors (Lipinski definition) is 1. The van der Waals surface area contributed by atoms with Crippen molar-refractivity contribution in [1.82, 2.24) is 24.4 Å². The topological polar surface area (TPSA) is 103 Å². The molecule has 220 valence electrons. The van der Waals surface area contributed by atoms with Crippen LogP contribution in [0.4, 0.5) is 17.6 Å². The molecule has 5 heterocycles. The maximum Gasteiger partial charge on any atom is 0.421 e. The predicted molar refractivity (Wildman–Crippen MR) is 142 cm³/mol. The molecule has 0 amide bonds. The predicted octanol–water partition coefficient (Wildman–Crippen LogP) is 5.26. The first kappa shape index (κ1) is 28.3. The highest BCUT2D eigenvalue weighted by Crippen LogP contribution is 2.38. The molecule has 1 atom stereocenters. The molecule has 1 saturated heterocycles. The Hall–Kier alpha value is -3.81. The number of hydrogen-bond acceptors (Lipinski definition) is 7. The Morgan fingerprint density at radius 3 is 2.71 bits per heavy atom. The number of alkyl halides is 3. The van der Waals surface area contributed by atoms with E-state index in [4.69, 9.17) is 21.1 Å². The van der Waals surface area contributed by atoms with Crippen molar-refractivity contribution in [1.29, 1.82) is 0 Å². The third-order valence-corrected chi connectivity index (χ3v) is 7.62. The van der Waals surface area contributed by atoms with Gasteiger partial charge in [-0.05, 0) is 42.7 Å². The first-order chi connectivity index (χ1) is 20.0. The van der Waals surface area contributed by atoms with Crippen molar-refractivity contribution in [2.45, 2.75) is 51.4 Å². The van der Waals surface area contributed by atoms with Gasteiger partial charge in [0.05, 0.1) is 36.0 Å². The van der Waals surface area contributed by atoms with E-state index >= 15 is 0 Å². The van der Waals surface area contributed by atoms with Crippen LogP contribution < -0.4 is 4.74 Å². The summed E-state index contributed by atoms with van der Waals surface area (Å²) >= 11 is 5.77. The first-order valence-corrected chi connectivity index (χ1v) is 13.5. The number of carbonyl (C=O) groups is 1. The third kappa shape index (κ3) is 5.76. The molecule has 0 saturated carbocycles. The van der Waals surface area contributed by atoms with E-state index in [0.29, 0.717) is 60.9 Å². The molecule has 9 nitrogen and oxygen atoms in total. The zero-order chi connectivity index (χ0) is 29.6. The van der Waals surface area contributed by atoms with E-state index < -0.39 is 36.0 Å². The van der Waals surface area contributed by atoms with E-state index in [1.54, 1.807) is 0 Å². The number of fused-ring (bicyclic) bond motifs is 2. The van der Waals surface area contributed by atoms with Crippen LogP contribution in [0.2, 0.25) is 5.02 Å². The highest BCUT2D eigenvalue weighted by atomic mass is 35.5. The van der Waals surface area contributed by atoms with Crippen LogP contribution in [0.1, 0.15) is 45.0 Å². The number of ether oxygens (including phenoxy) is 2. The fourth-order valence-electron chi connectivity index (χ4n) is 5.06. The van der Waals surface area contributed by atoms with Gasteiger partial charge < -0.3 is 19.1 Å². The van der Waals surface area contributed by atoms with E-state index in [-0.39, 0.29) is 28.8 Å². The molecule has 4 aromatic rings. The van der Waals surface area contributed by atoms with Crippen LogP contribution >= 0.6 is 11.6 Å². The fraction of sp³-hybridized carbons (Fsp3) is 0.357. The fourth-order valence-corrected chi connectivity index (χ4v) is 5.21. The van der Waals surface area contributed by atoms with Gasteiger partial charge in [-0.15, -0.1) is 0 Å². The van der Waals surface area contributed by atoms with Gasteiger partial charge in [0.1, 0.15) is 23.8 Å². The molecule has 0 aliphatic carbocycles. The molecule has 0 radical (unpaired) electrons. The molecule has 14 heteroatoms. The normalized spacial score (nSPS) is 17.2.